The Kier molecular flexibility index (Phi) is 5.44. The highest BCUT2D eigenvalue weighted by molar-refractivity contribution is 5.78. The number of hydrogen-bond donors (Lipinski definition) is 2. The number of hydrogen-bond acceptors (Lipinski definition) is 3. The van der Waals surface area contributed by atoms with Crippen LogP contribution in [0.25, 0.3) is 0 Å². The molecule has 116 valence electrons. The Morgan fingerprint density at radius 2 is 1.95 bits per heavy atom. The third-order valence-corrected chi connectivity index (χ3v) is 4.52. The number of unbranched alkanes of at least 4 members (excludes halogenated alkanes) is 1. The molecule has 0 aromatic rings. The minimum absolute atomic E-state index is 0.444. The van der Waals surface area contributed by atoms with E-state index >= 15 is 0 Å². The van der Waals surface area contributed by atoms with Crippen molar-refractivity contribution < 1.29 is 9.90 Å². The third-order valence-electron chi connectivity index (χ3n) is 4.52. The van der Waals surface area contributed by atoms with Crippen molar-refractivity contribution in [2.75, 3.05) is 13.1 Å². The second-order valence-corrected chi connectivity index (χ2v) is 6.78. The minimum Gasteiger partial charge on any atom is -0.480 e. The van der Waals surface area contributed by atoms with Crippen molar-refractivity contribution in [3.63, 3.8) is 0 Å². The second-order valence-electron chi connectivity index (χ2n) is 6.78. The highest BCUT2D eigenvalue weighted by Crippen LogP contribution is 2.28. The quantitative estimate of drug-likeness (QED) is 0.572. The Morgan fingerprint density at radius 3 is 2.45 bits per heavy atom. The Hall–Kier alpha value is -0.610. The summed E-state index contributed by atoms with van der Waals surface area (Å²) in [5.41, 5.74) is -0.726. The van der Waals surface area contributed by atoms with Crippen LogP contribution in [0.4, 0.5) is 0 Å². The lowest BCUT2D eigenvalue weighted by Crippen LogP contribution is -2.50. The molecular weight excluding hydrogens is 252 g/mol. The van der Waals surface area contributed by atoms with Gasteiger partial charge < -0.3 is 10.0 Å². The average molecular weight is 282 g/mol. The van der Waals surface area contributed by atoms with Crippen LogP contribution in [-0.2, 0) is 4.79 Å². The van der Waals surface area contributed by atoms with Crippen molar-refractivity contribution in [1.82, 2.24) is 10.2 Å². The summed E-state index contributed by atoms with van der Waals surface area (Å²) < 4.78 is 0. The van der Waals surface area contributed by atoms with Gasteiger partial charge in [-0.1, -0.05) is 6.92 Å². The topological polar surface area (TPSA) is 52.6 Å². The van der Waals surface area contributed by atoms with E-state index in [0.717, 1.165) is 44.7 Å². The fourth-order valence-electron chi connectivity index (χ4n) is 2.92. The highest BCUT2D eigenvalue weighted by Gasteiger charge is 2.38. The molecule has 0 saturated heterocycles. The number of nitrogens with one attached hydrogen (secondary N) is 1. The lowest BCUT2D eigenvalue weighted by atomic mass is 9.94. The molecule has 4 heteroatoms. The smallest absolute Gasteiger partial charge is 0.323 e. The molecule has 0 aliphatic heterocycles. The van der Waals surface area contributed by atoms with Crippen LogP contribution in [0.15, 0.2) is 0 Å². The molecule has 1 atom stereocenters. The van der Waals surface area contributed by atoms with Gasteiger partial charge in [0.25, 0.3) is 0 Å². The zero-order chi connectivity index (χ0) is 14.6. The summed E-state index contributed by atoms with van der Waals surface area (Å²) in [6.07, 6.45) is 9.05. The van der Waals surface area contributed by atoms with E-state index < -0.39 is 11.5 Å². The first kappa shape index (κ1) is 15.8. The number of rotatable bonds is 11. The summed E-state index contributed by atoms with van der Waals surface area (Å²) >= 11 is 0. The maximum Gasteiger partial charge on any atom is 0.323 e. The molecule has 0 heterocycles. The Morgan fingerprint density at radius 1 is 1.25 bits per heavy atom. The van der Waals surface area contributed by atoms with Crippen molar-refractivity contribution >= 4 is 5.97 Å². The van der Waals surface area contributed by atoms with Gasteiger partial charge in [-0.15, -0.1) is 0 Å². The molecule has 0 aromatic heterocycles. The van der Waals surface area contributed by atoms with Crippen molar-refractivity contribution in [3.8, 4) is 0 Å². The standard InChI is InChI=1S/C16H30N2O2/c1-3-11-18(14-8-9-14)12-5-4-10-16(2,15(19)20)17-13-6-7-13/h13-14,17H,3-12H2,1-2H3,(H,19,20). The van der Waals surface area contributed by atoms with Gasteiger partial charge in [0.1, 0.15) is 5.54 Å². The van der Waals surface area contributed by atoms with Gasteiger partial charge in [-0.2, -0.15) is 0 Å². The van der Waals surface area contributed by atoms with Gasteiger partial charge >= 0.3 is 5.97 Å². The molecule has 2 aliphatic carbocycles. The summed E-state index contributed by atoms with van der Waals surface area (Å²) in [6.45, 7) is 6.41. The second kappa shape index (κ2) is 6.90. The zero-order valence-electron chi connectivity index (χ0n) is 13.0. The number of nitrogens with zero attached hydrogens (tertiary/aromatic N) is 1. The van der Waals surface area contributed by atoms with Gasteiger partial charge in [-0.3, -0.25) is 10.1 Å². The maximum atomic E-state index is 11.5. The molecule has 2 fully saturated rings. The molecule has 2 saturated carbocycles. The normalized spacial score (nSPS) is 21.9. The molecule has 2 rings (SSSR count). The van der Waals surface area contributed by atoms with Gasteiger partial charge in [0.05, 0.1) is 0 Å². The molecule has 0 amide bonds. The summed E-state index contributed by atoms with van der Waals surface area (Å²) in [5, 5.41) is 12.7. The molecule has 2 aliphatic rings. The lowest BCUT2D eigenvalue weighted by Gasteiger charge is -2.27. The van der Waals surface area contributed by atoms with E-state index in [2.05, 4.69) is 17.1 Å². The van der Waals surface area contributed by atoms with Crippen LogP contribution in [0, 0.1) is 0 Å². The minimum atomic E-state index is -0.726. The van der Waals surface area contributed by atoms with Gasteiger partial charge in [0.15, 0.2) is 0 Å². The Labute approximate surface area is 122 Å². The van der Waals surface area contributed by atoms with Gasteiger partial charge in [0, 0.05) is 12.1 Å². The van der Waals surface area contributed by atoms with E-state index in [1.54, 1.807) is 0 Å². The first-order chi connectivity index (χ1) is 9.55. The lowest BCUT2D eigenvalue weighted by molar-refractivity contribution is -0.144. The van der Waals surface area contributed by atoms with E-state index in [-0.39, 0.29) is 0 Å². The number of carboxylic acid groups (broad SMARTS) is 1. The predicted octanol–water partition coefficient (Wildman–Crippen LogP) is 2.63. The fourth-order valence-corrected chi connectivity index (χ4v) is 2.92. The third kappa shape index (κ3) is 4.74. The molecule has 1 unspecified atom stereocenters. The number of carboxylic acids is 1. The van der Waals surface area contributed by atoms with Gasteiger partial charge in [-0.05, 0) is 71.4 Å². The molecule has 4 nitrogen and oxygen atoms in total. The first-order valence-corrected chi connectivity index (χ1v) is 8.30. The molecule has 0 aromatic carbocycles. The van der Waals surface area contributed by atoms with Crippen molar-refractivity contribution in [3.05, 3.63) is 0 Å². The Balaban J connectivity index is 1.68. The van der Waals surface area contributed by atoms with E-state index in [1.807, 2.05) is 6.92 Å². The van der Waals surface area contributed by atoms with E-state index in [0.29, 0.717) is 6.04 Å². The van der Waals surface area contributed by atoms with E-state index in [4.69, 9.17) is 0 Å². The molecular formula is C16H30N2O2. The molecule has 0 radical (unpaired) electrons. The first-order valence-electron chi connectivity index (χ1n) is 8.30. The summed E-state index contributed by atoms with van der Waals surface area (Å²) in [4.78, 5) is 14.1. The van der Waals surface area contributed by atoms with Crippen molar-refractivity contribution in [1.29, 1.82) is 0 Å². The van der Waals surface area contributed by atoms with Crippen molar-refractivity contribution in [2.45, 2.75) is 82.8 Å². The van der Waals surface area contributed by atoms with Crippen LogP contribution in [0.3, 0.4) is 0 Å². The molecule has 20 heavy (non-hydrogen) atoms. The van der Waals surface area contributed by atoms with E-state index in [9.17, 15) is 9.90 Å². The maximum absolute atomic E-state index is 11.5. The van der Waals surface area contributed by atoms with Crippen LogP contribution in [0.5, 0.6) is 0 Å². The van der Waals surface area contributed by atoms with Crippen LogP contribution in [0.1, 0.15) is 65.2 Å². The van der Waals surface area contributed by atoms with Gasteiger partial charge in [0.2, 0.25) is 0 Å². The van der Waals surface area contributed by atoms with Crippen molar-refractivity contribution in [2.24, 2.45) is 0 Å². The summed E-state index contributed by atoms with van der Waals surface area (Å²) in [6, 6.07) is 1.27. The molecule has 2 N–H and O–H groups in total. The SMILES string of the molecule is CCCN(CCCCC(C)(NC1CC1)C(=O)O)C1CC1. The van der Waals surface area contributed by atoms with Gasteiger partial charge in [-0.25, -0.2) is 0 Å². The fraction of sp³-hybridized carbons (Fsp3) is 0.938. The Bertz CT molecular complexity index is 326. The summed E-state index contributed by atoms with van der Waals surface area (Å²) in [5.74, 6) is -0.697. The molecule has 0 spiro atoms. The monoisotopic (exact) mass is 282 g/mol. The van der Waals surface area contributed by atoms with Crippen LogP contribution < -0.4 is 5.32 Å². The highest BCUT2D eigenvalue weighted by atomic mass is 16.4. The summed E-state index contributed by atoms with van der Waals surface area (Å²) in [7, 11) is 0. The average Bonchev–Trinajstić information content (AvgIpc) is 3.25. The van der Waals surface area contributed by atoms with Crippen LogP contribution >= 0.6 is 0 Å². The zero-order valence-corrected chi connectivity index (χ0v) is 13.0. The van der Waals surface area contributed by atoms with Crippen LogP contribution in [-0.4, -0.2) is 46.7 Å². The van der Waals surface area contributed by atoms with E-state index in [1.165, 1.54) is 25.8 Å². The largest absolute Gasteiger partial charge is 0.480 e. The number of aliphatic carboxylic acids is 1. The van der Waals surface area contributed by atoms with Crippen LogP contribution in [0.2, 0.25) is 0 Å². The number of carbonyl (C=O) groups is 1. The molecule has 0 bridgehead atoms. The predicted molar refractivity (Wildman–Crippen MR) is 80.9 cm³/mol.